The van der Waals surface area contributed by atoms with Gasteiger partial charge in [0.2, 0.25) is 0 Å². The van der Waals surface area contributed by atoms with Crippen LogP contribution in [0.1, 0.15) is 11.1 Å². The maximum absolute atomic E-state index is 10.2. The summed E-state index contributed by atoms with van der Waals surface area (Å²) in [6.07, 6.45) is 0.654. The van der Waals surface area contributed by atoms with E-state index >= 15 is 0 Å². The van der Waals surface area contributed by atoms with Crippen LogP contribution in [0.4, 0.5) is 0 Å². The van der Waals surface area contributed by atoms with E-state index in [1.165, 1.54) is 5.56 Å². The molecule has 0 unspecified atom stereocenters. The number of benzene rings is 1. The van der Waals surface area contributed by atoms with E-state index in [-0.39, 0.29) is 36.2 Å². The van der Waals surface area contributed by atoms with Crippen molar-refractivity contribution in [2.45, 2.75) is 13.3 Å². The maximum Gasteiger partial charge on any atom is 1.00 e. The van der Waals surface area contributed by atoms with Crippen LogP contribution in [0.2, 0.25) is 0 Å². The summed E-state index contributed by atoms with van der Waals surface area (Å²) in [5.41, 5.74) is 2.38. The number of rotatable bonds is 2. The van der Waals surface area contributed by atoms with Crippen molar-refractivity contribution >= 4 is 0 Å². The van der Waals surface area contributed by atoms with E-state index in [0.717, 1.165) is 5.56 Å². The van der Waals surface area contributed by atoms with Crippen LogP contribution in [0, 0.1) is 6.92 Å². The minimum atomic E-state index is -0.0105. The monoisotopic (exact) mass is 158 g/mol. The second-order valence-electron chi connectivity index (χ2n) is 2.44. The van der Waals surface area contributed by atoms with E-state index in [2.05, 4.69) is 6.07 Å². The van der Waals surface area contributed by atoms with Crippen LogP contribution in [0.15, 0.2) is 24.3 Å². The Balaban J connectivity index is 0.000001000. The zero-order valence-electron chi connectivity index (χ0n) is 7.13. The first-order chi connectivity index (χ1) is 4.83. The summed E-state index contributed by atoms with van der Waals surface area (Å²) >= 11 is 0. The van der Waals surface area contributed by atoms with Crippen molar-refractivity contribution in [2.75, 3.05) is 6.61 Å². The third-order valence-corrected chi connectivity index (χ3v) is 1.47. The second-order valence-corrected chi connectivity index (χ2v) is 2.44. The largest absolute Gasteiger partial charge is 1.00 e. The molecule has 0 saturated heterocycles. The fourth-order valence-corrected chi connectivity index (χ4v) is 0.986. The van der Waals surface area contributed by atoms with Crippen molar-refractivity contribution < 1.29 is 34.7 Å². The summed E-state index contributed by atoms with van der Waals surface area (Å²) in [6.45, 7) is 2.03. The molecule has 1 aromatic carbocycles. The third kappa shape index (κ3) is 3.92. The van der Waals surface area contributed by atoms with Gasteiger partial charge in [0.25, 0.3) is 0 Å². The van der Waals surface area contributed by atoms with Crippen molar-refractivity contribution in [3.05, 3.63) is 35.4 Å². The summed E-state index contributed by atoms with van der Waals surface area (Å²) in [4.78, 5) is 0. The topological polar surface area (TPSA) is 23.1 Å². The van der Waals surface area contributed by atoms with E-state index in [9.17, 15) is 5.11 Å². The molecule has 0 aliphatic heterocycles. The Bertz CT molecular complexity index is 210. The maximum atomic E-state index is 10.2. The van der Waals surface area contributed by atoms with Crippen LogP contribution in [-0.2, 0) is 6.42 Å². The first-order valence-corrected chi connectivity index (χ1v) is 3.46. The Morgan fingerprint density at radius 2 is 2.09 bits per heavy atom. The van der Waals surface area contributed by atoms with Gasteiger partial charge in [0, 0.05) is 0 Å². The minimum Gasteiger partial charge on any atom is -0.854 e. The van der Waals surface area contributed by atoms with Gasteiger partial charge in [-0.3, -0.25) is 0 Å². The molecule has 0 amide bonds. The van der Waals surface area contributed by atoms with Gasteiger partial charge in [0.1, 0.15) is 0 Å². The molecule has 2 heteroatoms. The first-order valence-electron chi connectivity index (χ1n) is 3.46. The molecule has 11 heavy (non-hydrogen) atoms. The summed E-state index contributed by atoms with van der Waals surface area (Å²) < 4.78 is 0. The molecule has 0 N–H and O–H groups in total. The van der Waals surface area contributed by atoms with Crippen LogP contribution in [0.5, 0.6) is 0 Å². The zero-order valence-corrected chi connectivity index (χ0v) is 9.13. The van der Waals surface area contributed by atoms with Gasteiger partial charge in [-0.15, -0.1) is 6.61 Å². The standard InChI is InChI=1S/C9H11O.Na/c1-8-3-2-4-9(7-8)5-6-10;/h2-4,7H,5-6H2,1H3;/q-1;+1. The summed E-state index contributed by atoms with van der Waals surface area (Å²) in [7, 11) is 0. The summed E-state index contributed by atoms with van der Waals surface area (Å²) in [5.74, 6) is 0. The molecule has 1 aromatic rings. The van der Waals surface area contributed by atoms with Crippen LogP contribution in [0.25, 0.3) is 0 Å². The van der Waals surface area contributed by atoms with Crippen LogP contribution in [0.3, 0.4) is 0 Å². The average Bonchev–Trinajstić information content (AvgIpc) is 1.88. The van der Waals surface area contributed by atoms with E-state index in [1.54, 1.807) is 0 Å². The normalized spacial score (nSPS) is 8.91. The Morgan fingerprint density at radius 3 is 2.64 bits per heavy atom. The average molecular weight is 158 g/mol. The van der Waals surface area contributed by atoms with Gasteiger partial charge in [-0.25, -0.2) is 0 Å². The molecule has 54 valence electrons. The summed E-state index contributed by atoms with van der Waals surface area (Å²) in [5, 5.41) is 10.2. The van der Waals surface area contributed by atoms with E-state index in [4.69, 9.17) is 0 Å². The molecule has 0 fully saturated rings. The van der Waals surface area contributed by atoms with Crippen LogP contribution in [-0.4, -0.2) is 6.61 Å². The molecule has 1 nitrogen and oxygen atoms in total. The summed E-state index contributed by atoms with van der Waals surface area (Å²) in [6, 6.07) is 8.07. The molecule has 0 saturated carbocycles. The van der Waals surface area contributed by atoms with Crippen molar-refractivity contribution in [3.63, 3.8) is 0 Å². The smallest absolute Gasteiger partial charge is 0.854 e. The predicted molar refractivity (Wildman–Crippen MR) is 39.8 cm³/mol. The fourth-order valence-electron chi connectivity index (χ4n) is 0.986. The Hall–Kier alpha value is 0.180. The first kappa shape index (κ1) is 11.2. The third-order valence-electron chi connectivity index (χ3n) is 1.47. The van der Waals surface area contributed by atoms with Gasteiger partial charge in [-0.2, -0.15) is 0 Å². The van der Waals surface area contributed by atoms with Gasteiger partial charge in [-0.05, 0) is 18.9 Å². The molecule has 0 atom stereocenters. The SMILES string of the molecule is Cc1cccc(CC[O-])c1.[Na+]. The minimum absolute atomic E-state index is 0. The zero-order chi connectivity index (χ0) is 7.40. The molecular weight excluding hydrogens is 147 g/mol. The predicted octanol–water partition coefficient (Wildman–Crippen LogP) is -2.10. The van der Waals surface area contributed by atoms with Crippen LogP contribution < -0.4 is 34.7 Å². The van der Waals surface area contributed by atoms with E-state index < -0.39 is 0 Å². The number of aryl methyl sites for hydroxylation is 1. The quantitative estimate of drug-likeness (QED) is 0.452. The second kappa shape index (κ2) is 5.78. The number of hydrogen-bond donors (Lipinski definition) is 0. The van der Waals surface area contributed by atoms with Crippen LogP contribution >= 0.6 is 0 Å². The molecule has 0 bridgehead atoms. The molecule has 0 aliphatic carbocycles. The van der Waals surface area contributed by atoms with Gasteiger partial charge < -0.3 is 5.11 Å². The van der Waals surface area contributed by atoms with Gasteiger partial charge in [0.15, 0.2) is 0 Å². The van der Waals surface area contributed by atoms with E-state index in [0.29, 0.717) is 6.42 Å². The molecule has 0 heterocycles. The molecular formula is C9H11NaO. The van der Waals surface area contributed by atoms with Gasteiger partial charge in [-0.1, -0.05) is 29.8 Å². The van der Waals surface area contributed by atoms with Crippen molar-refractivity contribution in [1.29, 1.82) is 0 Å². The van der Waals surface area contributed by atoms with Crippen molar-refractivity contribution in [3.8, 4) is 0 Å². The number of hydrogen-bond acceptors (Lipinski definition) is 1. The molecule has 0 spiro atoms. The molecule has 0 aromatic heterocycles. The Labute approximate surface area is 89.7 Å². The molecule has 0 radical (unpaired) electrons. The molecule has 0 aliphatic rings. The molecule has 1 rings (SSSR count). The Morgan fingerprint density at radius 1 is 1.36 bits per heavy atom. The Kier molecular flexibility index (Phi) is 5.88. The van der Waals surface area contributed by atoms with Gasteiger partial charge in [0.05, 0.1) is 0 Å². The van der Waals surface area contributed by atoms with Gasteiger partial charge >= 0.3 is 29.6 Å². The van der Waals surface area contributed by atoms with Crippen molar-refractivity contribution in [1.82, 2.24) is 0 Å². The van der Waals surface area contributed by atoms with Crippen molar-refractivity contribution in [2.24, 2.45) is 0 Å². The fraction of sp³-hybridized carbons (Fsp3) is 0.333. The van der Waals surface area contributed by atoms with E-state index in [1.807, 2.05) is 25.1 Å².